The Morgan fingerprint density at radius 3 is 2.53 bits per heavy atom. The summed E-state index contributed by atoms with van der Waals surface area (Å²) in [5.74, 6) is 1.45. The van der Waals surface area contributed by atoms with Crippen LogP contribution in [0.3, 0.4) is 0 Å². The average molecular weight is 448 g/mol. The van der Waals surface area contributed by atoms with Gasteiger partial charge >= 0.3 is 0 Å². The lowest BCUT2D eigenvalue weighted by atomic mass is 10.1. The number of likely N-dealkylation sites (N-methyl/N-ethyl adjacent to an activating group) is 1. The van der Waals surface area contributed by atoms with Gasteiger partial charge in [0.2, 0.25) is 10.0 Å². The lowest BCUT2D eigenvalue weighted by Gasteiger charge is -2.31. The van der Waals surface area contributed by atoms with Crippen molar-refractivity contribution in [2.75, 3.05) is 45.5 Å². The second kappa shape index (κ2) is 10.4. The molecule has 8 heteroatoms. The molecule has 30 heavy (non-hydrogen) atoms. The maximum atomic E-state index is 12.9. The summed E-state index contributed by atoms with van der Waals surface area (Å²) in [5.41, 5.74) is 2.94. The van der Waals surface area contributed by atoms with E-state index in [1.54, 1.807) is 30.0 Å². The fourth-order valence-electron chi connectivity index (χ4n) is 3.27. The molecule has 2 aromatic rings. The first-order valence-corrected chi connectivity index (χ1v) is 12.7. The predicted octanol–water partition coefficient (Wildman–Crippen LogP) is 2.59. The zero-order valence-electron chi connectivity index (χ0n) is 17.5. The van der Waals surface area contributed by atoms with Gasteiger partial charge in [0.25, 0.3) is 5.91 Å². The van der Waals surface area contributed by atoms with Crippen LogP contribution in [0.15, 0.2) is 53.4 Å². The first-order valence-electron chi connectivity index (χ1n) is 10.1. The number of benzene rings is 2. The summed E-state index contributed by atoms with van der Waals surface area (Å²) in [7, 11) is -1.60. The smallest absolute Gasteiger partial charge is 0.251 e. The van der Waals surface area contributed by atoms with Gasteiger partial charge in [-0.1, -0.05) is 30.3 Å². The van der Waals surface area contributed by atoms with Gasteiger partial charge in [0.15, 0.2) is 0 Å². The number of carbonyl (C=O) groups excluding carboxylic acids is 1. The SMILES string of the molecule is Cc1ccccc1CSCCNC(=O)c1cccc(S(=O)(=O)N2CCN(C)CC2)c1. The molecule has 0 atom stereocenters. The van der Waals surface area contributed by atoms with E-state index in [2.05, 4.69) is 29.3 Å². The Bertz CT molecular complexity index is 971. The number of sulfonamides is 1. The largest absolute Gasteiger partial charge is 0.351 e. The number of nitrogens with one attached hydrogen (secondary N) is 1. The van der Waals surface area contributed by atoms with Crippen LogP contribution >= 0.6 is 11.8 Å². The van der Waals surface area contributed by atoms with Gasteiger partial charge in [-0.15, -0.1) is 0 Å². The molecule has 3 rings (SSSR count). The Balaban J connectivity index is 1.52. The van der Waals surface area contributed by atoms with Crippen molar-refractivity contribution in [2.24, 2.45) is 0 Å². The molecular formula is C22H29N3O3S2. The van der Waals surface area contributed by atoms with Gasteiger partial charge in [0.1, 0.15) is 0 Å². The van der Waals surface area contributed by atoms with Crippen LogP contribution in [0.1, 0.15) is 21.5 Å². The number of piperazine rings is 1. The van der Waals surface area contributed by atoms with Crippen LogP contribution in [-0.4, -0.2) is 69.1 Å². The Morgan fingerprint density at radius 2 is 1.80 bits per heavy atom. The first-order chi connectivity index (χ1) is 14.4. The van der Waals surface area contributed by atoms with Crippen molar-refractivity contribution in [3.63, 3.8) is 0 Å². The molecule has 6 nitrogen and oxygen atoms in total. The van der Waals surface area contributed by atoms with E-state index in [9.17, 15) is 13.2 Å². The fraction of sp³-hybridized carbons (Fsp3) is 0.409. The maximum absolute atomic E-state index is 12.9. The molecule has 0 bridgehead atoms. The molecular weight excluding hydrogens is 418 g/mol. The van der Waals surface area contributed by atoms with E-state index >= 15 is 0 Å². The van der Waals surface area contributed by atoms with E-state index in [-0.39, 0.29) is 10.8 Å². The summed E-state index contributed by atoms with van der Waals surface area (Å²) in [6.07, 6.45) is 0. The molecule has 162 valence electrons. The maximum Gasteiger partial charge on any atom is 0.251 e. The van der Waals surface area contributed by atoms with E-state index in [4.69, 9.17) is 0 Å². The zero-order chi connectivity index (χ0) is 21.6. The molecule has 0 aliphatic carbocycles. The molecule has 0 saturated carbocycles. The third kappa shape index (κ3) is 5.85. The van der Waals surface area contributed by atoms with E-state index in [1.165, 1.54) is 21.5 Å². The van der Waals surface area contributed by atoms with Crippen LogP contribution in [0.25, 0.3) is 0 Å². The van der Waals surface area contributed by atoms with Crippen molar-refractivity contribution in [3.8, 4) is 0 Å². The second-order valence-electron chi connectivity index (χ2n) is 7.47. The Labute approximate surface area is 183 Å². The molecule has 1 aliphatic rings. The van der Waals surface area contributed by atoms with Crippen molar-refractivity contribution < 1.29 is 13.2 Å². The number of aryl methyl sites for hydroxylation is 1. The second-order valence-corrected chi connectivity index (χ2v) is 10.5. The Hall–Kier alpha value is -1.87. The third-order valence-corrected chi connectivity index (χ3v) is 8.15. The highest BCUT2D eigenvalue weighted by atomic mass is 32.2. The molecule has 0 spiro atoms. The van der Waals surface area contributed by atoms with E-state index < -0.39 is 10.0 Å². The summed E-state index contributed by atoms with van der Waals surface area (Å²) >= 11 is 1.76. The van der Waals surface area contributed by atoms with Gasteiger partial charge in [-0.2, -0.15) is 16.1 Å². The summed E-state index contributed by atoms with van der Waals surface area (Å²) in [4.78, 5) is 14.8. The molecule has 1 amide bonds. The van der Waals surface area contributed by atoms with Crippen LogP contribution in [0, 0.1) is 6.92 Å². The highest BCUT2D eigenvalue weighted by Gasteiger charge is 2.27. The number of hydrogen-bond donors (Lipinski definition) is 1. The summed E-state index contributed by atoms with van der Waals surface area (Å²) in [5, 5.41) is 2.89. The normalized spacial score (nSPS) is 15.8. The lowest BCUT2D eigenvalue weighted by molar-refractivity contribution is 0.0956. The van der Waals surface area contributed by atoms with Crippen molar-refractivity contribution in [3.05, 3.63) is 65.2 Å². The molecule has 1 saturated heterocycles. The van der Waals surface area contributed by atoms with Crippen LogP contribution in [0.2, 0.25) is 0 Å². The number of amides is 1. The number of nitrogens with zero attached hydrogens (tertiary/aromatic N) is 2. The highest BCUT2D eigenvalue weighted by Crippen LogP contribution is 2.19. The van der Waals surface area contributed by atoms with Crippen molar-refractivity contribution >= 4 is 27.7 Å². The first kappa shape index (κ1) is 22.8. The standard InChI is InChI=1S/C22H29N3O3S2/c1-18-6-3-4-7-20(18)17-29-15-10-23-22(26)19-8-5-9-21(16-19)30(27,28)25-13-11-24(2)12-14-25/h3-9,16H,10-15,17H2,1-2H3,(H,23,26). The molecule has 0 radical (unpaired) electrons. The van der Waals surface area contributed by atoms with E-state index in [0.29, 0.717) is 38.3 Å². The molecule has 1 fully saturated rings. The van der Waals surface area contributed by atoms with Crippen LogP contribution in [0.5, 0.6) is 0 Å². The predicted molar refractivity (Wildman–Crippen MR) is 122 cm³/mol. The summed E-state index contributed by atoms with van der Waals surface area (Å²) < 4.78 is 27.3. The van der Waals surface area contributed by atoms with Gasteiger partial charge in [0.05, 0.1) is 4.90 Å². The van der Waals surface area contributed by atoms with Gasteiger partial charge in [-0.25, -0.2) is 8.42 Å². The number of hydrogen-bond acceptors (Lipinski definition) is 5. The van der Waals surface area contributed by atoms with Crippen LogP contribution < -0.4 is 5.32 Å². The van der Waals surface area contributed by atoms with Crippen LogP contribution in [0.4, 0.5) is 0 Å². The van der Waals surface area contributed by atoms with Gasteiger partial charge < -0.3 is 10.2 Å². The van der Waals surface area contributed by atoms with Crippen LogP contribution in [-0.2, 0) is 15.8 Å². The van der Waals surface area contributed by atoms with E-state index in [0.717, 1.165) is 11.5 Å². The number of rotatable bonds is 8. The van der Waals surface area contributed by atoms with Crippen molar-refractivity contribution in [1.29, 1.82) is 0 Å². The Kier molecular flexibility index (Phi) is 7.93. The zero-order valence-corrected chi connectivity index (χ0v) is 19.1. The average Bonchev–Trinajstić information content (AvgIpc) is 2.75. The highest BCUT2D eigenvalue weighted by molar-refractivity contribution is 7.98. The minimum atomic E-state index is -3.58. The topological polar surface area (TPSA) is 69.7 Å². The number of carbonyl (C=O) groups is 1. The van der Waals surface area contributed by atoms with Crippen molar-refractivity contribution in [2.45, 2.75) is 17.6 Å². The molecule has 1 aliphatic heterocycles. The molecule has 1 N–H and O–H groups in total. The molecule has 0 unspecified atom stereocenters. The lowest BCUT2D eigenvalue weighted by Crippen LogP contribution is -2.47. The monoisotopic (exact) mass is 447 g/mol. The van der Waals surface area contributed by atoms with E-state index in [1.807, 2.05) is 19.2 Å². The molecule has 0 aromatic heterocycles. The van der Waals surface area contributed by atoms with Gasteiger partial charge in [0, 0.05) is 49.8 Å². The minimum absolute atomic E-state index is 0.175. The number of thioether (sulfide) groups is 1. The fourth-order valence-corrected chi connectivity index (χ4v) is 5.67. The molecule has 2 aromatic carbocycles. The summed E-state index contributed by atoms with van der Waals surface area (Å²) in [6.45, 7) is 4.98. The van der Waals surface area contributed by atoms with Gasteiger partial charge in [-0.05, 0) is 43.3 Å². The minimum Gasteiger partial charge on any atom is -0.351 e. The van der Waals surface area contributed by atoms with Crippen molar-refractivity contribution in [1.82, 2.24) is 14.5 Å². The summed E-state index contributed by atoms with van der Waals surface area (Å²) in [6, 6.07) is 14.6. The van der Waals surface area contributed by atoms with Gasteiger partial charge in [-0.3, -0.25) is 4.79 Å². The Morgan fingerprint density at radius 1 is 1.07 bits per heavy atom. The third-order valence-electron chi connectivity index (χ3n) is 5.25. The molecule has 1 heterocycles. The quantitative estimate of drug-likeness (QED) is 0.630.